The van der Waals surface area contributed by atoms with E-state index in [-0.39, 0.29) is 33.7 Å². The van der Waals surface area contributed by atoms with E-state index >= 15 is 0 Å². The van der Waals surface area contributed by atoms with Gasteiger partial charge in [-0.2, -0.15) is 0 Å². The van der Waals surface area contributed by atoms with Gasteiger partial charge in [0.1, 0.15) is 6.54 Å². The summed E-state index contributed by atoms with van der Waals surface area (Å²) in [5.41, 5.74) is 2.60. The van der Waals surface area contributed by atoms with Crippen molar-refractivity contribution in [3.63, 3.8) is 0 Å². The van der Waals surface area contributed by atoms with E-state index in [0.717, 1.165) is 56.0 Å². The molecule has 0 bridgehead atoms. The van der Waals surface area contributed by atoms with Gasteiger partial charge in [-0.15, -0.1) is 0 Å². The first kappa shape index (κ1) is 42.5. The van der Waals surface area contributed by atoms with E-state index in [0.29, 0.717) is 23.7 Å². The number of carboxylic acids is 1. The first-order chi connectivity index (χ1) is 24.9. The van der Waals surface area contributed by atoms with Crippen molar-refractivity contribution in [2.75, 3.05) is 20.6 Å². The molecule has 5 saturated carbocycles. The standard InChI is InChI=1S/C30H48O3.C19H34N/c1-18(2)19-10-15-30(25(32)33)17-16-28(6)20(24(19)30)8-9-22-27(5)13-12-23(31)26(3,4)21(27)11-14-29(22,28)7;1-4-5-6-7-8-9-10-14-17-20(2,3)18-19-15-12-11-13-16-19/h19-24,31H,1,8-17H2,2-7H3,(H,32,33);11-13,15-16H,4-10,14,17-18H2,1-3H3/q;+1/p-1/t19-,20+,21-,22+,23-,24+,27-,28+,29+,30-;/m0./s1. The zero-order valence-corrected chi connectivity index (χ0v) is 35.9. The maximum absolute atomic E-state index is 12.6. The lowest BCUT2D eigenvalue weighted by molar-refractivity contribution is -0.903. The molecule has 5 fully saturated rings. The quantitative estimate of drug-likeness (QED) is 0.125. The first-order valence-electron chi connectivity index (χ1n) is 22.3. The molecule has 0 spiro atoms. The number of benzene rings is 1. The second-order valence-electron chi connectivity index (χ2n) is 21.3. The van der Waals surface area contributed by atoms with Gasteiger partial charge in [0.05, 0.1) is 26.7 Å². The van der Waals surface area contributed by atoms with Crippen LogP contribution in [0.15, 0.2) is 42.5 Å². The Kier molecular flexibility index (Phi) is 13.2. The number of carboxylic acid groups (broad SMARTS) is 1. The summed E-state index contributed by atoms with van der Waals surface area (Å²) in [7, 11) is 4.71. The molecule has 10 atom stereocenters. The molecule has 0 heterocycles. The van der Waals surface area contributed by atoms with Crippen LogP contribution >= 0.6 is 0 Å². The van der Waals surface area contributed by atoms with Gasteiger partial charge in [0.15, 0.2) is 0 Å². The summed E-state index contributed by atoms with van der Waals surface area (Å²) >= 11 is 0. The van der Waals surface area contributed by atoms with Crippen LogP contribution in [-0.4, -0.2) is 42.3 Å². The lowest BCUT2D eigenvalue weighted by atomic mass is 9.32. The average Bonchev–Trinajstić information content (AvgIpc) is 3.50. The number of carbonyl (C=O) groups is 1. The molecule has 1 N–H and O–H groups in total. The fourth-order valence-corrected chi connectivity index (χ4v) is 14.3. The highest BCUT2D eigenvalue weighted by molar-refractivity contribution is 5.74. The van der Waals surface area contributed by atoms with Gasteiger partial charge in [0.2, 0.25) is 0 Å². The van der Waals surface area contributed by atoms with Gasteiger partial charge < -0.3 is 19.5 Å². The number of aliphatic carboxylic acids is 1. The summed E-state index contributed by atoms with van der Waals surface area (Å²) in [4.78, 5) is 12.6. The maximum Gasteiger partial charge on any atom is 0.104 e. The molecule has 6 rings (SSSR count). The number of allylic oxidation sites excluding steroid dienone is 1. The minimum atomic E-state index is -0.788. The highest BCUT2D eigenvalue weighted by atomic mass is 16.4. The van der Waals surface area contributed by atoms with Crippen molar-refractivity contribution in [2.45, 2.75) is 177 Å². The molecular formula is C49H81NO3. The number of hydrogen-bond acceptors (Lipinski definition) is 3. The van der Waals surface area contributed by atoms with Gasteiger partial charge in [0, 0.05) is 16.9 Å². The van der Waals surface area contributed by atoms with Crippen molar-refractivity contribution in [1.29, 1.82) is 0 Å². The van der Waals surface area contributed by atoms with Gasteiger partial charge >= 0.3 is 0 Å². The molecule has 4 heteroatoms. The first-order valence-corrected chi connectivity index (χ1v) is 22.3. The number of unbranched alkanes of at least 4 members (excludes halogenated alkanes) is 7. The summed E-state index contributed by atoms with van der Waals surface area (Å²) in [5.74, 6) is 1.38. The van der Waals surface area contributed by atoms with Crippen LogP contribution in [-0.2, 0) is 11.3 Å². The number of carbonyl (C=O) groups excluding carboxylic acids is 1. The van der Waals surface area contributed by atoms with Gasteiger partial charge in [0.25, 0.3) is 0 Å². The van der Waals surface area contributed by atoms with Crippen molar-refractivity contribution in [1.82, 2.24) is 0 Å². The summed E-state index contributed by atoms with van der Waals surface area (Å²) in [5, 5.41) is 23.5. The molecule has 0 unspecified atom stereocenters. The van der Waals surface area contributed by atoms with E-state index in [1.165, 1.54) is 88.3 Å². The van der Waals surface area contributed by atoms with E-state index in [2.05, 4.69) is 99.5 Å². The molecule has 53 heavy (non-hydrogen) atoms. The zero-order valence-electron chi connectivity index (χ0n) is 35.9. The van der Waals surface area contributed by atoms with Crippen LogP contribution in [0.5, 0.6) is 0 Å². The Bertz CT molecular complexity index is 1390. The van der Waals surface area contributed by atoms with E-state index in [1.807, 2.05) is 0 Å². The van der Waals surface area contributed by atoms with Crippen LogP contribution in [0.3, 0.4) is 0 Å². The fourth-order valence-electron chi connectivity index (χ4n) is 14.3. The molecule has 0 saturated heterocycles. The van der Waals surface area contributed by atoms with Gasteiger partial charge in [-0.1, -0.05) is 123 Å². The van der Waals surface area contributed by atoms with Crippen LogP contribution < -0.4 is 5.11 Å². The molecular weight excluding hydrogens is 651 g/mol. The van der Waals surface area contributed by atoms with E-state index in [9.17, 15) is 15.0 Å². The summed E-state index contributed by atoms with van der Waals surface area (Å²) < 4.78 is 1.11. The number of rotatable bonds is 13. The summed E-state index contributed by atoms with van der Waals surface area (Å²) in [6.45, 7) is 23.5. The number of nitrogens with zero attached hydrogens (tertiary/aromatic N) is 1. The second kappa shape index (κ2) is 16.4. The van der Waals surface area contributed by atoms with Crippen molar-refractivity contribution in [2.24, 2.45) is 56.7 Å². The normalized spacial score (nSPS) is 38.7. The lowest BCUT2D eigenvalue weighted by Gasteiger charge is -2.73. The third-order valence-electron chi connectivity index (χ3n) is 17.5. The molecule has 0 amide bonds. The van der Waals surface area contributed by atoms with Gasteiger partial charge in [-0.25, -0.2) is 0 Å². The topological polar surface area (TPSA) is 60.4 Å². The minimum Gasteiger partial charge on any atom is -0.550 e. The highest BCUT2D eigenvalue weighted by Gasteiger charge is 2.71. The van der Waals surface area contributed by atoms with Crippen molar-refractivity contribution >= 4 is 5.97 Å². The molecule has 5 aliphatic rings. The molecule has 0 aromatic heterocycles. The third kappa shape index (κ3) is 7.99. The molecule has 4 nitrogen and oxygen atoms in total. The van der Waals surface area contributed by atoms with Gasteiger partial charge in [-0.05, 0) is 135 Å². The maximum atomic E-state index is 12.6. The summed E-state index contributed by atoms with van der Waals surface area (Å²) in [6.07, 6.45) is 21.4. The van der Waals surface area contributed by atoms with E-state index in [1.54, 1.807) is 0 Å². The Morgan fingerprint density at radius 2 is 1.43 bits per heavy atom. The predicted molar refractivity (Wildman–Crippen MR) is 220 cm³/mol. The lowest BCUT2D eigenvalue weighted by Crippen LogP contribution is -2.67. The Morgan fingerprint density at radius 3 is 2.06 bits per heavy atom. The van der Waals surface area contributed by atoms with Crippen LogP contribution in [0, 0.1) is 56.7 Å². The smallest absolute Gasteiger partial charge is 0.104 e. The molecule has 0 aliphatic heterocycles. The number of quaternary nitrogens is 1. The molecule has 0 radical (unpaired) electrons. The molecule has 5 aliphatic carbocycles. The number of hydrogen-bond donors (Lipinski definition) is 1. The fraction of sp³-hybridized carbons (Fsp3) is 0.816. The third-order valence-corrected chi connectivity index (χ3v) is 17.5. The number of aliphatic hydroxyl groups excluding tert-OH is 1. The van der Waals surface area contributed by atoms with Crippen LogP contribution in [0.1, 0.15) is 170 Å². The minimum absolute atomic E-state index is 0.0285. The van der Waals surface area contributed by atoms with Gasteiger partial charge in [-0.3, -0.25) is 0 Å². The molecule has 1 aromatic carbocycles. The monoisotopic (exact) mass is 732 g/mol. The van der Waals surface area contributed by atoms with Crippen molar-refractivity contribution < 1.29 is 19.5 Å². The zero-order chi connectivity index (χ0) is 38.9. The predicted octanol–water partition coefficient (Wildman–Crippen LogP) is 11.2. The van der Waals surface area contributed by atoms with Crippen LogP contribution in [0.4, 0.5) is 0 Å². The Morgan fingerprint density at radius 1 is 0.792 bits per heavy atom. The molecule has 1 aromatic rings. The Hall–Kier alpha value is -1.65. The largest absolute Gasteiger partial charge is 0.550 e. The molecule has 300 valence electrons. The van der Waals surface area contributed by atoms with Crippen molar-refractivity contribution in [3.8, 4) is 0 Å². The number of aliphatic hydroxyl groups is 1. The highest BCUT2D eigenvalue weighted by Crippen LogP contribution is 2.77. The van der Waals surface area contributed by atoms with E-state index in [4.69, 9.17) is 0 Å². The van der Waals surface area contributed by atoms with E-state index < -0.39 is 11.4 Å². The summed E-state index contributed by atoms with van der Waals surface area (Å²) in [6, 6.07) is 10.9. The second-order valence-corrected chi connectivity index (χ2v) is 21.3. The Labute approximate surface area is 326 Å². The average molecular weight is 732 g/mol. The number of fused-ring (bicyclic) bond motifs is 7. The SMILES string of the molecule is C=C(C)[C@@H]1CC[C@]2(C(=O)[O-])CC[C@]3(C)[C@H](CC[C@@H]4[C@@]5(C)CC[C@H](O)C(C)(C)[C@@H]5CC[C@]43C)[C@@H]12.CCCCCCCCCC[N+](C)(C)Cc1ccccc1. The van der Waals surface area contributed by atoms with Crippen LogP contribution in [0.2, 0.25) is 0 Å². The van der Waals surface area contributed by atoms with Crippen molar-refractivity contribution in [3.05, 3.63) is 48.0 Å². The Balaban J connectivity index is 0.000000233. The van der Waals surface area contributed by atoms with Crippen LogP contribution in [0.25, 0.3) is 0 Å².